The fourth-order valence-corrected chi connectivity index (χ4v) is 3.22. The van der Waals surface area contributed by atoms with Crippen molar-refractivity contribution in [1.82, 2.24) is 15.1 Å². The van der Waals surface area contributed by atoms with Gasteiger partial charge in [0.2, 0.25) is 0 Å². The summed E-state index contributed by atoms with van der Waals surface area (Å²) in [6.07, 6.45) is 0.951. The maximum Gasteiger partial charge on any atom is 0.257 e. The molecule has 1 fully saturated rings. The molecule has 0 spiro atoms. The van der Waals surface area contributed by atoms with Gasteiger partial charge in [0.25, 0.3) is 5.91 Å². The van der Waals surface area contributed by atoms with Gasteiger partial charge in [0.15, 0.2) is 18.1 Å². The predicted octanol–water partition coefficient (Wildman–Crippen LogP) is 2.40. The number of hydrogen-bond donors (Lipinski definition) is 1. The van der Waals surface area contributed by atoms with Gasteiger partial charge in [-0.05, 0) is 37.7 Å². The molecular formula is C23H31N3O3. The maximum absolute atomic E-state index is 12.1. The number of carbonyl (C=O) groups excluding carboxylic acids is 1. The summed E-state index contributed by atoms with van der Waals surface area (Å²) in [4.78, 5) is 16.9. The van der Waals surface area contributed by atoms with E-state index in [1.807, 2.05) is 54.6 Å². The maximum atomic E-state index is 12.1. The van der Waals surface area contributed by atoms with Crippen LogP contribution in [-0.2, 0) is 11.4 Å². The second-order valence-corrected chi connectivity index (χ2v) is 7.36. The highest BCUT2D eigenvalue weighted by Crippen LogP contribution is 2.27. The lowest BCUT2D eigenvalue weighted by Gasteiger charge is -2.32. The molecule has 156 valence electrons. The number of nitrogens with zero attached hydrogens (tertiary/aromatic N) is 2. The topological polar surface area (TPSA) is 54.0 Å². The molecule has 0 radical (unpaired) electrons. The molecule has 1 N–H and O–H groups in total. The second-order valence-electron chi connectivity index (χ2n) is 7.36. The van der Waals surface area contributed by atoms with Crippen LogP contribution in [0.2, 0.25) is 0 Å². The number of hydrogen-bond acceptors (Lipinski definition) is 5. The van der Waals surface area contributed by atoms with Crippen molar-refractivity contribution in [2.45, 2.75) is 13.0 Å². The Hall–Kier alpha value is -2.57. The fraction of sp³-hybridized carbons (Fsp3) is 0.435. The van der Waals surface area contributed by atoms with Crippen LogP contribution >= 0.6 is 0 Å². The molecule has 0 saturated carbocycles. The van der Waals surface area contributed by atoms with Crippen molar-refractivity contribution >= 4 is 5.91 Å². The standard InChI is InChI=1S/C23H31N3O3/c1-25-14-16-26(17-15-25)13-7-12-24-23(27)19-29-22-11-6-5-10-21(22)28-18-20-8-3-2-4-9-20/h2-6,8-11H,7,12-19H2,1H3,(H,24,27). The number of ether oxygens (including phenoxy) is 2. The molecule has 1 saturated heterocycles. The van der Waals surface area contributed by atoms with E-state index in [0.29, 0.717) is 24.7 Å². The van der Waals surface area contributed by atoms with Gasteiger partial charge in [0.05, 0.1) is 0 Å². The van der Waals surface area contributed by atoms with Gasteiger partial charge in [-0.3, -0.25) is 4.79 Å². The van der Waals surface area contributed by atoms with Crippen LogP contribution in [0.15, 0.2) is 54.6 Å². The summed E-state index contributed by atoms with van der Waals surface area (Å²) in [6, 6.07) is 17.4. The zero-order valence-electron chi connectivity index (χ0n) is 17.2. The van der Waals surface area contributed by atoms with Crippen molar-refractivity contribution in [2.24, 2.45) is 0 Å². The Morgan fingerprint density at radius 2 is 1.59 bits per heavy atom. The van der Waals surface area contributed by atoms with Gasteiger partial charge in [-0.1, -0.05) is 42.5 Å². The molecule has 6 heteroatoms. The lowest BCUT2D eigenvalue weighted by Crippen LogP contribution is -2.45. The summed E-state index contributed by atoms with van der Waals surface area (Å²) in [5.74, 6) is 1.11. The Balaban J connectivity index is 1.35. The zero-order valence-corrected chi connectivity index (χ0v) is 17.2. The van der Waals surface area contributed by atoms with Crippen molar-refractivity contribution in [3.63, 3.8) is 0 Å². The Kier molecular flexibility index (Phi) is 8.34. The first-order valence-corrected chi connectivity index (χ1v) is 10.3. The Morgan fingerprint density at radius 3 is 2.31 bits per heavy atom. The van der Waals surface area contributed by atoms with Gasteiger partial charge < -0.3 is 24.6 Å². The molecule has 0 atom stereocenters. The highest BCUT2D eigenvalue weighted by Gasteiger charge is 2.13. The average molecular weight is 398 g/mol. The Labute approximate surface area is 173 Å². The van der Waals surface area contributed by atoms with Gasteiger partial charge in [0, 0.05) is 32.7 Å². The molecule has 3 rings (SSSR count). The quantitative estimate of drug-likeness (QED) is 0.624. The van der Waals surface area contributed by atoms with E-state index in [4.69, 9.17) is 9.47 Å². The number of piperazine rings is 1. The molecule has 0 unspecified atom stereocenters. The van der Waals surface area contributed by atoms with E-state index >= 15 is 0 Å². The molecule has 0 aromatic heterocycles. The van der Waals surface area contributed by atoms with E-state index < -0.39 is 0 Å². The van der Waals surface area contributed by atoms with Crippen LogP contribution in [-0.4, -0.2) is 68.6 Å². The lowest BCUT2D eigenvalue weighted by atomic mass is 10.2. The van der Waals surface area contributed by atoms with Crippen molar-refractivity contribution in [2.75, 3.05) is 52.9 Å². The molecule has 1 aliphatic heterocycles. The molecule has 1 amide bonds. The number of rotatable bonds is 10. The van der Waals surface area contributed by atoms with Crippen LogP contribution in [0.25, 0.3) is 0 Å². The highest BCUT2D eigenvalue weighted by molar-refractivity contribution is 5.77. The molecule has 2 aromatic rings. The Morgan fingerprint density at radius 1 is 0.931 bits per heavy atom. The number of likely N-dealkylation sites (N-methyl/N-ethyl adjacent to an activating group) is 1. The molecule has 1 aliphatic rings. The summed E-state index contributed by atoms with van der Waals surface area (Å²) >= 11 is 0. The number of nitrogens with one attached hydrogen (secondary N) is 1. The first-order chi connectivity index (χ1) is 14.2. The van der Waals surface area contributed by atoms with Crippen molar-refractivity contribution in [3.05, 3.63) is 60.2 Å². The van der Waals surface area contributed by atoms with E-state index in [0.717, 1.165) is 44.7 Å². The minimum atomic E-state index is -0.110. The molecule has 0 bridgehead atoms. The fourth-order valence-electron chi connectivity index (χ4n) is 3.22. The third-order valence-corrected chi connectivity index (χ3v) is 5.01. The van der Waals surface area contributed by atoms with E-state index in [1.165, 1.54) is 0 Å². The molecule has 1 heterocycles. The summed E-state index contributed by atoms with van der Waals surface area (Å²) in [7, 11) is 2.16. The summed E-state index contributed by atoms with van der Waals surface area (Å²) in [6.45, 7) is 6.57. The second kappa shape index (κ2) is 11.4. The Bertz CT molecular complexity index is 746. The lowest BCUT2D eigenvalue weighted by molar-refractivity contribution is -0.123. The van der Waals surface area contributed by atoms with Gasteiger partial charge >= 0.3 is 0 Å². The molecule has 2 aromatic carbocycles. The van der Waals surface area contributed by atoms with Crippen molar-refractivity contribution in [1.29, 1.82) is 0 Å². The van der Waals surface area contributed by atoms with E-state index in [1.54, 1.807) is 0 Å². The monoisotopic (exact) mass is 397 g/mol. The van der Waals surface area contributed by atoms with E-state index in [9.17, 15) is 4.79 Å². The van der Waals surface area contributed by atoms with Crippen LogP contribution in [0.4, 0.5) is 0 Å². The SMILES string of the molecule is CN1CCN(CCCNC(=O)COc2ccccc2OCc2ccccc2)CC1. The summed E-state index contributed by atoms with van der Waals surface area (Å²) in [5, 5.41) is 2.94. The third kappa shape index (κ3) is 7.40. The summed E-state index contributed by atoms with van der Waals surface area (Å²) in [5.41, 5.74) is 1.08. The van der Waals surface area contributed by atoms with Crippen LogP contribution in [0, 0.1) is 0 Å². The third-order valence-electron chi connectivity index (χ3n) is 5.01. The molecule has 0 aliphatic carbocycles. The average Bonchev–Trinajstić information content (AvgIpc) is 2.76. The van der Waals surface area contributed by atoms with Gasteiger partial charge in [-0.25, -0.2) is 0 Å². The van der Waals surface area contributed by atoms with Crippen LogP contribution < -0.4 is 14.8 Å². The predicted molar refractivity (Wildman–Crippen MR) is 114 cm³/mol. The normalized spacial score (nSPS) is 15.1. The molecule has 6 nitrogen and oxygen atoms in total. The zero-order chi connectivity index (χ0) is 20.3. The van der Waals surface area contributed by atoms with Gasteiger partial charge in [0.1, 0.15) is 6.61 Å². The van der Waals surface area contributed by atoms with Crippen LogP contribution in [0.5, 0.6) is 11.5 Å². The molecular weight excluding hydrogens is 366 g/mol. The van der Waals surface area contributed by atoms with Gasteiger partial charge in [-0.2, -0.15) is 0 Å². The van der Waals surface area contributed by atoms with Crippen molar-refractivity contribution in [3.8, 4) is 11.5 Å². The summed E-state index contributed by atoms with van der Waals surface area (Å²) < 4.78 is 11.6. The van der Waals surface area contributed by atoms with Gasteiger partial charge in [-0.15, -0.1) is 0 Å². The van der Waals surface area contributed by atoms with Crippen LogP contribution in [0.3, 0.4) is 0 Å². The molecule has 29 heavy (non-hydrogen) atoms. The number of amides is 1. The largest absolute Gasteiger partial charge is 0.485 e. The van der Waals surface area contributed by atoms with E-state index in [2.05, 4.69) is 22.2 Å². The first-order valence-electron chi connectivity index (χ1n) is 10.3. The smallest absolute Gasteiger partial charge is 0.257 e. The number of benzene rings is 2. The minimum Gasteiger partial charge on any atom is -0.485 e. The first kappa shape index (κ1) is 21.1. The van der Waals surface area contributed by atoms with Crippen LogP contribution in [0.1, 0.15) is 12.0 Å². The van der Waals surface area contributed by atoms with E-state index in [-0.39, 0.29) is 12.5 Å². The minimum absolute atomic E-state index is 0.0137. The number of para-hydroxylation sites is 2. The number of carbonyl (C=O) groups is 1. The highest BCUT2D eigenvalue weighted by atomic mass is 16.5. The van der Waals surface area contributed by atoms with Crippen molar-refractivity contribution < 1.29 is 14.3 Å².